The summed E-state index contributed by atoms with van der Waals surface area (Å²) < 4.78 is 21.4. The number of carbonyl (C=O) groups is 1. The van der Waals surface area contributed by atoms with Crippen LogP contribution in [0, 0.1) is 0 Å². The summed E-state index contributed by atoms with van der Waals surface area (Å²) in [6.07, 6.45) is 3.07. The molecule has 7 heteroatoms. The SMILES string of the molecule is C=C(COCCOCCC)NCCOCCOCC(=O)NCCCC. The summed E-state index contributed by atoms with van der Waals surface area (Å²) in [5.74, 6) is -0.0773. The van der Waals surface area contributed by atoms with Gasteiger partial charge in [-0.25, -0.2) is 0 Å². The van der Waals surface area contributed by atoms with E-state index in [2.05, 4.69) is 31.1 Å². The molecule has 0 aromatic rings. The van der Waals surface area contributed by atoms with Crippen molar-refractivity contribution < 1.29 is 23.7 Å². The summed E-state index contributed by atoms with van der Waals surface area (Å²) in [6.45, 7) is 13.3. The Labute approximate surface area is 152 Å². The van der Waals surface area contributed by atoms with Gasteiger partial charge in [0.1, 0.15) is 6.61 Å². The molecular weight excluding hydrogens is 324 g/mol. The first kappa shape index (κ1) is 23.9. The monoisotopic (exact) mass is 360 g/mol. The van der Waals surface area contributed by atoms with E-state index in [-0.39, 0.29) is 12.5 Å². The Balaban J connectivity index is 3.24. The zero-order chi connectivity index (χ0) is 18.6. The van der Waals surface area contributed by atoms with E-state index in [1.807, 2.05) is 0 Å². The Morgan fingerprint density at radius 1 is 0.760 bits per heavy atom. The van der Waals surface area contributed by atoms with Gasteiger partial charge in [0.15, 0.2) is 0 Å². The number of carbonyl (C=O) groups excluding carboxylic acids is 1. The van der Waals surface area contributed by atoms with Crippen molar-refractivity contribution in [3.05, 3.63) is 12.3 Å². The van der Waals surface area contributed by atoms with Gasteiger partial charge in [-0.3, -0.25) is 4.79 Å². The average Bonchev–Trinajstić information content (AvgIpc) is 2.60. The lowest BCUT2D eigenvalue weighted by Crippen LogP contribution is -2.29. The van der Waals surface area contributed by atoms with Crippen molar-refractivity contribution in [2.24, 2.45) is 0 Å². The largest absolute Gasteiger partial charge is 0.385 e. The van der Waals surface area contributed by atoms with Crippen LogP contribution in [0.3, 0.4) is 0 Å². The van der Waals surface area contributed by atoms with Crippen LogP contribution >= 0.6 is 0 Å². The van der Waals surface area contributed by atoms with Crippen molar-refractivity contribution in [3.63, 3.8) is 0 Å². The van der Waals surface area contributed by atoms with E-state index >= 15 is 0 Å². The van der Waals surface area contributed by atoms with E-state index in [0.29, 0.717) is 52.7 Å². The summed E-state index contributed by atoms with van der Waals surface area (Å²) in [6, 6.07) is 0. The molecule has 0 saturated carbocycles. The van der Waals surface area contributed by atoms with Crippen LogP contribution in [-0.4, -0.2) is 71.9 Å². The van der Waals surface area contributed by atoms with Gasteiger partial charge >= 0.3 is 0 Å². The van der Waals surface area contributed by atoms with Gasteiger partial charge in [-0.2, -0.15) is 0 Å². The lowest BCUT2D eigenvalue weighted by Gasteiger charge is -2.11. The van der Waals surface area contributed by atoms with E-state index in [1.165, 1.54) is 0 Å². The zero-order valence-corrected chi connectivity index (χ0v) is 15.9. The normalized spacial score (nSPS) is 10.6. The minimum absolute atomic E-state index is 0.0773. The van der Waals surface area contributed by atoms with Crippen LogP contribution in [0.5, 0.6) is 0 Å². The lowest BCUT2D eigenvalue weighted by molar-refractivity contribution is -0.126. The molecule has 0 heterocycles. The van der Waals surface area contributed by atoms with Gasteiger partial charge < -0.3 is 29.6 Å². The third-order valence-corrected chi connectivity index (χ3v) is 3.08. The van der Waals surface area contributed by atoms with Gasteiger partial charge in [-0.05, 0) is 12.8 Å². The molecule has 0 radical (unpaired) electrons. The fourth-order valence-electron chi connectivity index (χ4n) is 1.75. The quantitative estimate of drug-likeness (QED) is 0.340. The van der Waals surface area contributed by atoms with Crippen molar-refractivity contribution in [1.82, 2.24) is 10.6 Å². The Bertz CT molecular complexity index is 327. The fourth-order valence-corrected chi connectivity index (χ4v) is 1.75. The van der Waals surface area contributed by atoms with Crippen molar-refractivity contribution in [2.45, 2.75) is 33.1 Å². The van der Waals surface area contributed by atoms with Crippen molar-refractivity contribution in [3.8, 4) is 0 Å². The summed E-state index contributed by atoms with van der Waals surface area (Å²) in [5, 5.41) is 5.93. The van der Waals surface area contributed by atoms with E-state index in [4.69, 9.17) is 18.9 Å². The Morgan fingerprint density at radius 2 is 1.40 bits per heavy atom. The number of hydrogen-bond acceptors (Lipinski definition) is 6. The van der Waals surface area contributed by atoms with Crippen LogP contribution in [0.25, 0.3) is 0 Å². The summed E-state index contributed by atoms with van der Waals surface area (Å²) >= 11 is 0. The number of unbranched alkanes of at least 4 members (excludes halogenated alkanes) is 1. The molecular formula is C18H36N2O5. The van der Waals surface area contributed by atoms with Crippen LogP contribution in [0.15, 0.2) is 12.3 Å². The molecule has 0 rings (SSSR count). The zero-order valence-electron chi connectivity index (χ0n) is 15.9. The smallest absolute Gasteiger partial charge is 0.245 e. The molecule has 1 amide bonds. The third-order valence-electron chi connectivity index (χ3n) is 3.08. The molecule has 0 aromatic heterocycles. The first-order valence-corrected chi connectivity index (χ1v) is 9.20. The van der Waals surface area contributed by atoms with Crippen LogP contribution in [0.1, 0.15) is 33.1 Å². The first-order valence-electron chi connectivity index (χ1n) is 9.20. The molecule has 0 unspecified atom stereocenters. The van der Waals surface area contributed by atoms with Crippen LogP contribution in [0.2, 0.25) is 0 Å². The Hall–Kier alpha value is -1.15. The summed E-state index contributed by atoms with van der Waals surface area (Å²) in [5.41, 5.74) is 0.819. The molecule has 0 fully saturated rings. The van der Waals surface area contributed by atoms with E-state index in [9.17, 15) is 4.79 Å². The standard InChI is InChI=1S/C18H36N2O5/c1-4-6-7-20-18(21)16-25-14-12-23-10-8-19-17(3)15-24-13-11-22-9-5-2/h19H,3-16H2,1-2H3,(H,20,21). The van der Waals surface area contributed by atoms with Crippen LogP contribution in [-0.2, 0) is 23.7 Å². The van der Waals surface area contributed by atoms with Gasteiger partial charge in [-0.1, -0.05) is 26.8 Å². The molecule has 148 valence electrons. The minimum Gasteiger partial charge on any atom is -0.385 e. The third kappa shape index (κ3) is 19.0. The van der Waals surface area contributed by atoms with Crippen LogP contribution < -0.4 is 10.6 Å². The highest BCUT2D eigenvalue weighted by Gasteiger charge is 2.00. The molecule has 2 N–H and O–H groups in total. The predicted octanol–water partition coefficient (Wildman–Crippen LogP) is 1.48. The number of rotatable bonds is 19. The predicted molar refractivity (Wildman–Crippen MR) is 98.6 cm³/mol. The first-order chi connectivity index (χ1) is 12.2. The second kappa shape index (κ2) is 19.2. The van der Waals surface area contributed by atoms with Crippen molar-refractivity contribution in [1.29, 1.82) is 0 Å². The maximum atomic E-state index is 11.4. The maximum Gasteiger partial charge on any atom is 0.245 e. The second-order valence-electron chi connectivity index (χ2n) is 5.56. The highest BCUT2D eigenvalue weighted by molar-refractivity contribution is 5.77. The minimum atomic E-state index is -0.0773. The number of amides is 1. The topological polar surface area (TPSA) is 78.1 Å². The number of hydrogen-bond donors (Lipinski definition) is 2. The highest BCUT2D eigenvalue weighted by Crippen LogP contribution is 1.88. The number of ether oxygens (including phenoxy) is 4. The van der Waals surface area contributed by atoms with Crippen molar-refractivity contribution >= 4 is 5.91 Å². The second-order valence-corrected chi connectivity index (χ2v) is 5.56. The van der Waals surface area contributed by atoms with Gasteiger partial charge in [0.25, 0.3) is 0 Å². The number of nitrogens with one attached hydrogen (secondary N) is 2. The van der Waals surface area contributed by atoms with Gasteiger partial charge in [0.05, 0.1) is 39.6 Å². The Morgan fingerprint density at radius 3 is 2.08 bits per heavy atom. The van der Waals surface area contributed by atoms with Gasteiger partial charge in [0.2, 0.25) is 5.91 Å². The molecule has 0 bridgehead atoms. The molecule has 0 aliphatic rings. The average molecular weight is 360 g/mol. The van der Waals surface area contributed by atoms with E-state index < -0.39 is 0 Å². The fraction of sp³-hybridized carbons (Fsp3) is 0.833. The van der Waals surface area contributed by atoms with E-state index in [1.54, 1.807) is 0 Å². The molecule has 0 aromatic carbocycles. The highest BCUT2D eigenvalue weighted by atomic mass is 16.5. The van der Waals surface area contributed by atoms with E-state index in [0.717, 1.165) is 31.6 Å². The molecule has 25 heavy (non-hydrogen) atoms. The van der Waals surface area contributed by atoms with Gasteiger partial charge in [0, 0.05) is 25.4 Å². The summed E-state index contributed by atoms with van der Waals surface area (Å²) in [7, 11) is 0. The van der Waals surface area contributed by atoms with Crippen LogP contribution in [0.4, 0.5) is 0 Å². The molecule has 0 atom stereocenters. The lowest BCUT2D eigenvalue weighted by atomic mass is 10.3. The van der Waals surface area contributed by atoms with Gasteiger partial charge in [-0.15, -0.1) is 0 Å². The summed E-state index contributed by atoms with van der Waals surface area (Å²) in [4.78, 5) is 11.4. The maximum absolute atomic E-state index is 11.4. The molecule has 7 nitrogen and oxygen atoms in total. The molecule has 0 aliphatic heterocycles. The van der Waals surface area contributed by atoms with Crippen molar-refractivity contribution in [2.75, 3.05) is 65.9 Å². The Kier molecular flexibility index (Phi) is 18.3. The molecule has 0 spiro atoms. The molecule has 0 aliphatic carbocycles. The molecule has 0 saturated heterocycles.